The molecule has 6 heteroatoms. The maximum atomic E-state index is 12.4. The molecule has 1 amide bonds. The number of rotatable bonds is 7. The van der Waals surface area contributed by atoms with Crippen LogP contribution in [0.15, 0.2) is 72.8 Å². The second kappa shape index (κ2) is 9.06. The first-order valence-corrected chi connectivity index (χ1v) is 8.90. The Kier molecular flexibility index (Phi) is 6.29. The number of halogens is 1. The van der Waals surface area contributed by atoms with Crippen LogP contribution in [-0.2, 0) is 4.79 Å². The van der Waals surface area contributed by atoms with Gasteiger partial charge in [-0.05, 0) is 72.8 Å². The van der Waals surface area contributed by atoms with Crippen molar-refractivity contribution in [2.75, 3.05) is 19.0 Å². The molecule has 0 aromatic heterocycles. The van der Waals surface area contributed by atoms with Crippen molar-refractivity contribution in [3.63, 3.8) is 0 Å². The number of carbonyl (C=O) groups excluding carboxylic acids is 2. The molecule has 5 nitrogen and oxygen atoms in total. The van der Waals surface area contributed by atoms with Gasteiger partial charge in [0.2, 0.25) is 0 Å². The van der Waals surface area contributed by atoms with Gasteiger partial charge in [-0.25, -0.2) is 0 Å². The molecule has 0 fully saturated rings. The molecule has 3 aromatic rings. The van der Waals surface area contributed by atoms with Gasteiger partial charge in [0.15, 0.2) is 12.4 Å². The summed E-state index contributed by atoms with van der Waals surface area (Å²) in [6.07, 6.45) is 0. The lowest BCUT2D eigenvalue weighted by Gasteiger charge is -2.09. The Balaban J connectivity index is 1.54. The SMILES string of the molecule is COc1ccc(NC(=O)COc2ccc(C(=O)c3ccc(Cl)cc3)cc2)cc1. The molecular formula is C22H18ClNO4. The standard InChI is InChI=1S/C22H18ClNO4/c1-27-19-12-8-18(9-13-19)24-21(25)14-28-20-10-4-16(5-11-20)22(26)15-2-6-17(23)7-3-15/h2-13H,14H2,1H3,(H,24,25). The second-order valence-corrected chi connectivity index (χ2v) is 6.36. The number of hydrogen-bond donors (Lipinski definition) is 1. The number of nitrogens with one attached hydrogen (secondary N) is 1. The Bertz CT molecular complexity index is 951. The van der Waals surface area contributed by atoms with Gasteiger partial charge in [-0.3, -0.25) is 9.59 Å². The molecule has 0 bridgehead atoms. The van der Waals surface area contributed by atoms with Crippen LogP contribution in [0.5, 0.6) is 11.5 Å². The van der Waals surface area contributed by atoms with Crippen LogP contribution >= 0.6 is 11.6 Å². The smallest absolute Gasteiger partial charge is 0.262 e. The van der Waals surface area contributed by atoms with E-state index in [1.807, 2.05) is 0 Å². The zero-order valence-electron chi connectivity index (χ0n) is 15.1. The van der Waals surface area contributed by atoms with Gasteiger partial charge in [-0.2, -0.15) is 0 Å². The highest BCUT2D eigenvalue weighted by Gasteiger charge is 2.10. The molecule has 0 aliphatic heterocycles. The van der Waals surface area contributed by atoms with Crippen LogP contribution in [0.4, 0.5) is 5.69 Å². The molecule has 0 radical (unpaired) electrons. The zero-order chi connectivity index (χ0) is 19.9. The minimum Gasteiger partial charge on any atom is -0.497 e. The Labute approximate surface area is 167 Å². The Morgan fingerprint density at radius 1 is 0.821 bits per heavy atom. The number of carbonyl (C=O) groups is 2. The summed E-state index contributed by atoms with van der Waals surface area (Å²) >= 11 is 5.84. The van der Waals surface area contributed by atoms with Gasteiger partial charge in [0.25, 0.3) is 5.91 Å². The quantitative estimate of drug-likeness (QED) is 0.594. The van der Waals surface area contributed by atoms with Crippen LogP contribution < -0.4 is 14.8 Å². The first-order valence-electron chi connectivity index (χ1n) is 8.52. The lowest BCUT2D eigenvalue weighted by atomic mass is 10.0. The lowest BCUT2D eigenvalue weighted by molar-refractivity contribution is -0.118. The predicted octanol–water partition coefficient (Wildman–Crippen LogP) is 4.60. The van der Waals surface area contributed by atoms with E-state index in [0.717, 1.165) is 0 Å². The second-order valence-electron chi connectivity index (χ2n) is 5.93. The monoisotopic (exact) mass is 395 g/mol. The fraction of sp³-hybridized carbons (Fsp3) is 0.0909. The Morgan fingerprint density at radius 3 is 1.93 bits per heavy atom. The molecule has 0 aliphatic rings. The van der Waals surface area contributed by atoms with Crippen molar-refractivity contribution < 1.29 is 19.1 Å². The molecule has 3 aromatic carbocycles. The van der Waals surface area contributed by atoms with E-state index in [1.165, 1.54) is 0 Å². The van der Waals surface area contributed by atoms with Gasteiger partial charge >= 0.3 is 0 Å². The van der Waals surface area contributed by atoms with Gasteiger partial charge in [-0.15, -0.1) is 0 Å². The number of amides is 1. The molecule has 0 aliphatic carbocycles. The maximum absolute atomic E-state index is 12.4. The number of hydrogen-bond acceptors (Lipinski definition) is 4. The first-order chi connectivity index (χ1) is 13.5. The summed E-state index contributed by atoms with van der Waals surface area (Å²) in [5.74, 6) is 0.812. The average Bonchev–Trinajstić information content (AvgIpc) is 2.73. The lowest BCUT2D eigenvalue weighted by Crippen LogP contribution is -2.20. The Hall–Kier alpha value is -3.31. The van der Waals surface area contributed by atoms with Gasteiger partial charge in [0, 0.05) is 21.8 Å². The summed E-state index contributed by atoms with van der Waals surface area (Å²) in [7, 11) is 1.58. The number of anilines is 1. The van der Waals surface area contributed by atoms with Crippen molar-refractivity contribution >= 4 is 29.0 Å². The summed E-state index contributed by atoms with van der Waals surface area (Å²) in [5, 5.41) is 3.31. The van der Waals surface area contributed by atoms with E-state index < -0.39 is 0 Å². The van der Waals surface area contributed by atoms with Crippen molar-refractivity contribution in [3.05, 3.63) is 88.9 Å². The van der Waals surface area contributed by atoms with Crippen molar-refractivity contribution in [2.24, 2.45) is 0 Å². The van der Waals surface area contributed by atoms with Crippen LogP contribution in [0, 0.1) is 0 Å². The summed E-state index contributed by atoms with van der Waals surface area (Å²) in [6.45, 7) is -0.142. The largest absolute Gasteiger partial charge is 0.497 e. The third-order valence-corrected chi connectivity index (χ3v) is 4.22. The highest BCUT2D eigenvalue weighted by molar-refractivity contribution is 6.30. The summed E-state index contributed by atoms with van der Waals surface area (Å²) in [5.41, 5.74) is 1.73. The van der Waals surface area contributed by atoms with Crippen molar-refractivity contribution in [1.82, 2.24) is 0 Å². The third-order valence-electron chi connectivity index (χ3n) is 3.97. The summed E-state index contributed by atoms with van der Waals surface area (Å²) in [6, 6.07) is 20.3. The molecule has 0 saturated carbocycles. The maximum Gasteiger partial charge on any atom is 0.262 e. The molecule has 1 N–H and O–H groups in total. The van der Waals surface area contributed by atoms with Crippen LogP contribution in [0.25, 0.3) is 0 Å². The van der Waals surface area contributed by atoms with Gasteiger partial charge in [-0.1, -0.05) is 11.6 Å². The number of ether oxygens (including phenoxy) is 2. The van der Waals surface area contributed by atoms with Crippen molar-refractivity contribution in [2.45, 2.75) is 0 Å². The molecule has 142 valence electrons. The highest BCUT2D eigenvalue weighted by atomic mass is 35.5. The molecule has 0 atom stereocenters. The molecular weight excluding hydrogens is 378 g/mol. The van der Waals surface area contributed by atoms with E-state index in [4.69, 9.17) is 21.1 Å². The molecule has 0 saturated heterocycles. The van der Waals surface area contributed by atoms with Gasteiger partial charge in [0.05, 0.1) is 7.11 Å². The van der Waals surface area contributed by atoms with Gasteiger partial charge < -0.3 is 14.8 Å². The fourth-order valence-corrected chi connectivity index (χ4v) is 2.62. The highest BCUT2D eigenvalue weighted by Crippen LogP contribution is 2.18. The van der Waals surface area contributed by atoms with Crippen molar-refractivity contribution in [3.8, 4) is 11.5 Å². The third kappa shape index (κ3) is 5.11. The van der Waals surface area contributed by atoms with E-state index in [0.29, 0.717) is 33.3 Å². The van der Waals surface area contributed by atoms with E-state index in [1.54, 1.807) is 79.9 Å². The molecule has 28 heavy (non-hydrogen) atoms. The minimum atomic E-state index is -0.286. The number of ketones is 1. The van der Waals surface area contributed by atoms with Crippen LogP contribution in [0.2, 0.25) is 5.02 Å². The Morgan fingerprint density at radius 2 is 1.36 bits per heavy atom. The fourth-order valence-electron chi connectivity index (χ4n) is 2.49. The average molecular weight is 396 g/mol. The van der Waals surface area contributed by atoms with E-state index in [9.17, 15) is 9.59 Å². The predicted molar refractivity (Wildman–Crippen MR) is 108 cm³/mol. The van der Waals surface area contributed by atoms with Gasteiger partial charge in [0.1, 0.15) is 11.5 Å². The first kappa shape index (κ1) is 19.5. The van der Waals surface area contributed by atoms with Crippen LogP contribution in [0.1, 0.15) is 15.9 Å². The van der Waals surface area contributed by atoms with Crippen LogP contribution in [0.3, 0.4) is 0 Å². The van der Waals surface area contributed by atoms with E-state index in [2.05, 4.69) is 5.32 Å². The van der Waals surface area contributed by atoms with E-state index >= 15 is 0 Å². The van der Waals surface area contributed by atoms with Crippen molar-refractivity contribution in [1.29, 1.82) is 0 Å². The molecule has 0 unspecified atom stereocenters. The summed E-state index contributed by atoms with van der Waals surface area (Å²) in [4.78, 5) is 24.4. The topological polar surface area (TPSA) is 64.6 Å². The molecule has 0 spiro atoms. The zero-order valence-corrected chi connectivity index (χ0v) is 15.9. The molecule has 3 rings (SSSR count). The number of benzene rings is 3. The normalized spacial score (nSPS) is 10.2. The summed E-state index contributed by atoms with van der Waals surface area (Å²) < 4.78 is 10.5. The molecule has 0 heterocycles. The minimum absolute atomic E-state index is 0.111. The van der Waals surface area contributed by atoms with Crippen LogP contribution in [-0.4, -0.2) is 25.4 Å². The van der Waals surface area contributed by atoms with E-state index in [-0.39, 0.29) is 18.3 Å². The number of methoxy groups -OCH3 is 1.